The molecular formula is C22H20O6. The molecule has 2 heterocycles. The molecule has 5 rings (SSSR count). The molecule has 144 valence electrons. The molecule has 1 saturated carbocycles. The SMILES string of the molecule is CC1(C)OCc2cc(C3=Cc4cc(C5(C(=O)O)CC5)ccc4OO3)ccc2O1. The van der Waals surface area contributed by atoms with Gasteiger partial charge in [0.2, 0.25) is 5.79 Å². The summed E-state index contributed by atoms with van der Waals surface area (Å²) in [6, 6.07) is 11.2. The van der Waals surface area contributed by atoms with Crippen molar-refractivity contribution in [2.45, 2.75) is 44.5 Å². The molecule has 2 aromatic carbocycles. The molecule has 0 radical (unpaired) electrons. The van der Waals surface area contributed by atoms with Crippen LogP contribution in [0, 0.1) is 0 Å². The molecule has 0 amide bonds. The van der Waals surface area contributed by atoms with E-state index in [-0.39, 0.29) is 0 Å². The highest BCUT2D eigenvalue weighted by Gasteiger charge is 2.52. The van der Waals surface area contributed by atoms with E-state index in [0.717, 1.165) is 28.0 Å². The molecule has 1 N–H and O–H groups in total. The molecule has 0 bridgehead atoms. The van der Waals surface area contributed by atoms with Gasteiger partial charge in [0.05, 0.1) is 12.0 Å². The Morgan fingerprint density at radius 3 is 2.57 bits per heavy atom. The molecule has 28 heavy (non-hydrogen) atoms. The number of aliphatic carboxylic acids is 1. The van der Waals surface area contributed by atoms with Crippen molar-refractivity contribution in [1.82, 2.24) is 0 Å². The van der Waals surface area contributed by atoms with Crippen molar-refractivity contribution < 1.29 is 29.1 Å². The topological polar surface area (TPSA) is 74.2 Å². The van der Waals surface area contributed by atoms with E-state index in [1.165, 1.54) is 0 Å². The van der Waals surface area contributed by atoms with Gasteiger partial charge in [-0.1, -0.05) is 6.07 Å². The number of hydrogen-bond donors (Lipinski definition) is 1. The van der Waals surface area contributed by atoms with Crippen LogP contribution in [-0.4, -0.2) is 16.9 Å². The summed E-state index contributed by atoms with van der Waals surface area (Å²) in [6.07, 6.45) is 3.20. The first-order valence-electron chi connectivity index (χ1n) is 9.27. The Hall–Kier alpha value is -2.99. The minimum absolute atomic E-state index is 0.451. The number of benzene rings is 2. The molecule has 6 nitrogen and oxygen atoms in total. The minimum atomic E-state index is -0.776. The van der Waals surface area contributed by atoms with E-state index in [2.05, 4.69) is 0 Å². The smallest absolute Gasteiger partial charge is 0.314 e. The molecular weight excluding hydrogens is 360 g/mol. The van der Waals surface area contributed by atoms with E-state index < -0.39 is 17.2 Å². The molecule has 2 aromatic rings. The fourth-order valence-electron chi connectivity index (χ4n) is 3.66. The second-order valence-electron chi connectivity index (χ2n) is 7.93. The lowest BCUT2D eigenvalue weighted by Gasteiger charge is -2.32. The second-order valence-corrected chi connectivity index (χ2v) is 7.93. The predicted octanol–water partition coefficient (Wildman–Crippen LogP) is 4.27. The van der Waals surface area contributed by atoms with Crippen molar-refractivity contribution in [3.63, 3.8) is 0 Å². The van der Waals surface area contributed by atoms with Crippen LogP contribution in [0.1, 0.15) is 48.9 Å². The zero-order valence-electron chi connectivity index (χ0n) is 15.7. The first-order valence-corrected chi connectivity index (χ1v) is 9.27. The van der Waals surface area contributed by atoms with Gasteiger partial charge in [-0.15, -0.1) is 0 Å². The van der Waals surface area contributed by atoms with Crippen LogP contribution >= 0.6 is 0 Å². The first kappa shape index (κ1) is 17.1. The van der Waals surface area contributed by atoms with E-state index >= 15 is 0 Å². The second kappa shape index (κ2) is 5.75. The maximum Gasteiger partial charge on any atom is 0.314 e. The van der Waals surface area contributed by atoms with Gasteiger partial charge in [-0.3, -0.25) is 14.6 Å². The van der Waals surface area contributed by atoms with Crippen molar-refractivity contribution in [3.05, 3.63) is 58.7 Å². The van der Waals surface area contributed by atoms with Gasteiger partial charge in [-0.05, 0) is 54.8 Å². The van der Waals surface area contributed by atoms with E-state index in [9.17, 15) is 9.90 Å². The monoisotopic (exact) mass is 380 g/mol. The molecule has 2 aliphatic heterocycles. The van der Waals surface area contributed by atoms with E-state index in [1.54, 1.807) is 12.1 Å². The first-order chi connectivity index (χ1) is 13.4. The van der Waals surface area contributed by atoms with Crippen LogP contribution in [0.5, 0.6) is 11.5 Å². The van der Waals surface area contributed by atoms with Gasteiger partial charge in [0.25, 0.3) is 0 Å². The number of rotatable bonds is 3. The number of ether oxygens (including phenoxy) is 2. The van der Waals surface area contributed by atoms with E-state index in [4.69, 9.17) is 19.2 Å². The summed E-state index contributed by atoms with van der Waals surface area (Å²) in [6.45, 7) is 4.21. The van der Waals surface area contributed by atoms with Crippen LogP contribution in [0.4, 0.5) is 0 Å². The molecule has 3 aliphatic rings. The zero-order chi connectivity index (χ0) is 19.5. The quantitative estimate of drug-likeness (QED) is 0.802. The highest BCUT2D eigenvalue weighted by molar-refractivity contribution is 5.86. The minimum Gasteiger partial charge on any atom is -0.481 e. The molecule has 0 atom stereocenters. The summed E-state index contributed by atoms with van der Waals surface area (Å²) in [4.78, 5) is 22.5. The Morgan fingerprint density at radius 2 is 1.82 bits per heavy atom. The maximum absolute atomic E-state index is 11.6. The van der Waals surface area contributed by atoms with Crippen LogP contribution in [0.25, 0.3) is 11.8 Å². The number of hydrogen-bond acceptors (Lipinski definition) is 5. The van der Waals surface area contributed by atoms with Crippen molar-refractivity contribution in [1.29, 1.82) is 0 Å². The van der Waals surface area contributed by atoms with Crippen molar-refractivity contribution in [3.8, 4) is 11.5 Å². The summed E-state index contributed by atoms with van der Waals surface area (Å²) in [7, 11) is 0. The van der Waals surface area contributed by atoms with Crippen LogP contribution in [0.2, 0.25) is 0 Å². The van der Waals surface area contributed by atoms with Crippen LogP contribution in [-0.2, 0) is 26.4 Å². The van der Waals surface area contributed by atoms with Crippen LogP contribution in [0.15, 0.2) is 36.4 Å². The van der Waals surface area contributed by atoms with Crippen molar-refractivity contribution in [2.24, 2.45) is 0 Å². The number of carbonyl (C=O) groups is 1. The molecule has 0 spiro atoms. The lowest BCUT2D eigenvalue weighted by Crippen LogP contribution is -2.35. The highest BCUT2D eigenvalue weighted by Crippen LogP contribution is 2.49. The fraction of sp³-hybridized carbons (Fsp3) is 0.318. The molecule has 1 fully saturated rings. The molecule has 0 unspecified atom stereocenters. The Balaban J connectivity index is 1.49. The Labute approximate surface area is 162 Å². The highest BCUT2D eigenvalue weighted by atomic mass is 17.2. The Bertz CT molecular complexity index is 1020. The van der Waals surface area contributed by atoms with E-state index in [1.807, 2.05) is 44.2 Å². The molecule has 0 saturated heterocycles. The van der Waals surface area contributed by atoms with Gasteiger partial charge in [0, 0.05) is 30.5 Å². The number of fused-ring (bicyclic) bond motifs is 2. The number of carboxylic acid groups (broad SMARTS) is 1. The largest absolute Gasteiger partial charge is 0.481 e. The maximum atomic E-state index is 11.6. The summed E-state index contributed by atoms with van der Waals surface area (Å²) in [5.74, 6) is 0.494. The zero-order valence-corrected chi connectivity index (χ0v) is 15.7. The lowest BCUT2D eigenvalue weighted by atomic mass is 9.93. The Kier molecular flexibility index (Phi) is 3.52. The third-order valence-electron chi connectivity index (χ3n) is 5.51. The van der Waals surface area contributed by atoms with Gasteiger partial charge >= 0.3 is 5.97 Å². The summed E-state index contributed by atoms with van der Waals surface area (Å²) >= 11 is 0. The third-order valence-corrected chi connectivity index (χ3v) is 5.51. The summed E-state index contributed by atoms with van der Waals surface area (Å²) in [5, 5.41) is 9.55. The average molecular weight is 380 g/mol. The van der Waals surface area contributed by atoms with Gasteiger partial charge in [-0.25, -0.2) is 0 Å². The normalized spacial score (nSPS) is 20.4. The third kappa shape index (κ3) is 2.72. The van der Waals surface area contributed by atoms with Gasteiger partial charge in [-0.2, -0.15) is 0 Å². The van der Waals surface area contributed by atoms with E-state index in [0.29, 0.717) is 31.0 Å². The molecule has 1 aliphatic carbocycles. The average Bonchev–Trinajstić information content (AvgIpc) is 3.48. The predicted molar refractivity (Wildman–Crippen MR) is 101 cm³/mol. The van der Waals surface area contributed by atoms with Crippen molar-refractivity contribution >= 4 is 17.8 Å². The lowest BCUT2D eigenvalue weighted by molar-refractivity contribution is -0.180. The van der Waals surface area contributed by atoms with Crippen LogP contribution < -0.4 is 9.62 Å². The van der Waals surface area contributed by atoms with Gasteiger partial charge in [0.1, 0.15) is 5.75 Å². The van der Waals surface area contributed by atoms with Crippen molar-refractivity contribution in [2.75, 3.05) is 0 Å². The summed E-state index contributed by atoms with van der Waals surface area (Å²) in [5.41, 5.74) is 2.62. The van der Waals surface area contributed by atoms with Gasteiger partial charge in [0.15, 0.2) is 11.5 Å². The Morgan fingerprint density at radius 1 is 1.04 bits per heavy atom. The standard InChI is InChI=1S/C22H20O6/c1-21(2)25-12-15-9-13(3-5-17(15)26-21)19-11-14-10-16(4-6-18(14)27-28-19)22(7-8-22)20(23)24/h3-6,9-11H,7-8,12H2,1-2H3,(H,23,24). The molecule has 0 aromatic heterocycles. The number of carboxylic acids is 1. The fourth-order valence-corrected chi connectivity index (χ4v) is 3.66. The van der Waals surface area contributed by atoms with Crippen LogP contribution in [0.3, 0.4) is 0 Å². The molecule has 6 heteroatoms. The van der Waals surface area contributed by atoms with Gasteiger partial charge < -0.3 is 14.6 Å². The summed E-state index contributed by atoms with van der Waals surface area (Å²) < 4.78 is 11.5.